The Morgan fingerprint density at radius 2 is 1.92 bits per heavy atom. The second-order valence-corrected chi connectivity index (χ2v) is 5.46. The SMILES string of the molecule is CN(N=Cc1ncc(C(F)(F)F)cc1Cl)C(=O)c1ccccc1Cl. The highest BCUT2D eigenvalue weighted by atomic mass is 35.5. The average Bonchev–Trinajstić information content (AvgIpc) is 2.52. The number of rotatable bonds is 3. The number of halogens is 5. The van der Waals surface area contributed by atoms with Crippen molar-refractivity contribution in [2.45, 2.75) is 6.18 Å². The van der Waals surface area contributed by atoms with Crippen molar-refractivity contribution in [1.29, 1.82) is 0 Å². The van der Waals surface area contributed by atoms with Gasteiger partial charge in [-0.1, -0.05) is 35.3 Å². The van der Waals surface area contributed by atoms with E-state index < -0.39 is 17.6 Å². The predicted molar refractivity (Wildman–Crippen MR) is 85.4 cm³/mol. The topological polar surface area (TPSA) is 45.6 Å². The number of hydrazone groups is 1. The maximum atomic E-state index is 12.5. The monoisotopic (exact) mass is 375 g/mol. The molecule has 1 amide bonds. The fraction of sp³-hybridized carbons (Fsp3) is 0.133. The molecule has 0 aliphatic heterocycles. The molecule has 4 nitrogen and oxygen atoms in total. The highest BCUT2D eigenvalue weighted by Crippen LogP contribution is 2.30. The molecule has 0 radical (unpaired) electrons. The van der Waals surface area contributed by atoms with Crippen LogP contribution in [0.1, 0.15) is 21.6 Å². The van der Waals surface area contributed by atoms with Gasteiger partial charge in [0.15, 0.2) is 0 Å². The molecule has 0 atom stereocenters. The van der Waals surface area contributed by atoms with Crippen LogP contribution in [0.15, 0.2) is 41.6 Å². The summed E-state index contributed by atoms with van der Waals surface area (Å²) >= 11 is 11.7. The lowest BCUT2D eigenvalue weighted by Gasteiger charge is -2.12. The molecular weight excluding hydrogens is 366 g/mol. The Labute approximate surface area is 145 Å². The summed E-state index contributed by atoms with van der Waals surface area (Å²) in [5.41, 5.74) is -0.723. The van der Waals surface area contributed by atoms with Crippen LogP contribution >= 0.6 is 23.2 Å². The van der Waals surface area contributed by atoms with Crippen molar-refractivity contribution >= 4 is 35.3 Å². The third kappa shape index (κ3) is 4.24. The third-order valence-electron chi connectivity index (χ3n) is 2.95. The van der Waals surface area contributed by atoms with Crippen LogP contribution < -0.4 is 0 Å². The average molecular weight is 376 g/mol. The van der Waals surface area contributed by atoms with Crippen LogP contribution in [0.3, 0.4) is 0 Å². The summed E-state index contributed by atoms with van der Waals surface area (Å²) in [5.74, 6) is -0.486. The summed E-state index contributed by atoms with van der Waals surface area (Å²) in [6.07, 6.45) is -2.80. The van der Waals surface area contributed by atoms with Gasteiger partial charge < -0.3 is 0 Å². The Balaban J connectivity index is 2.19. The standard InChI is InChI=1S/C15H10Cl2F3N3O/c1-23(14(24)10-4-2-3-5-11(10)16)22-8-13-12(17)6-9(7-21-13)15(18,19)20/h2-8H,1H3. The van der Waals surface area contributed by atoms with Gasteiger partial charge in [0.2, 0.25) is 0 Å². The summed E-state index contributed by atoms with van der Waals surface area (Å²) in [4.78, 5) is 15.8. The number of carbonyl (C=O) groups excluding carboxylic acids is 1. The van der Waals surface area contributed by atoms with Gasteiger partial charge in [0, 0.05) is 13.2 Å². The minimum Gasteiger partial charge on any atom is -0.267 e. The summed E-state index contributed by atoms with van der Waals surface area (Å²) in [6.45, 7) is 0. The lowest BCUT2D eigenvalue weighted by Crippen LogP contribution is -2.21. The summed E-state index contributed by atoms with van der Waals surface area (Å²) in [6, 6.07) is 7.14. The van der Waals surface area contributed by atoms with Gasteiger partial charge >= 0.3 is 6.18 Å². The number of hydrogen-bond donors (Lipinski definition) is 0. The highest BCUT2D eigenvalue weighted by Gasteiger charge is 2.31. The summed E-state index contributed by atoms with van der Waals surface area (Å²) < 4.78 is 37.6. The number of hydrogen-bond acceptors (Lipinski definition) is 3. The van der Waals surface area contributed by atoms with Crippen molar-refractivity contribution in [1.82, 2.24) is 9.99 Å². The van der Waals surface area contributed by atoms with E-state index in [0.717, 1.165) is 17.3 Å². The van der Waals surface area contributed by atoms with Gasteiger partial charge in [0.25, 0.3) is 5.91 Å². The molecule has 0 N–H and O–H groups in total. The lowest BCUT2D eigenvalue weighted by molar-refractivity contribution is -0.137. The molecule has 0 saturated heterocycles. The molecule has 0 fully saturated rings. The van der Waals surface area contributed by atoms with Crippen molar-refractivity contribution in [2.75, 3.05) is 7.05 Å². The number of carbonyl (C=O) groups is 1. The Morgan fingerprint density at radius 3 is 2.50 bits per heavy atom. The normalized spacial score (nSPS) is 11.8. The number of aromatic nitrogens is 1. The molecule has 9 heteroatoms. The second kappa shape index (κ2) is 7.19. The fourth-order valence-corrected chi connectivity index (χ4v) is 2.13. The zero-order valence-corrected chi connectivity index (χ0v) is 13.7. The van der Waals surface area contributed by atoms with E-state index in [1.807, 2.05) is 0 Å². The van der Waals surface area contributed by atoms with E-state index in [-0.39, 0.29) is 21.3 Å². The Kier molecular flexibility index (Phi) is 5.46. The Morgan fingerprint density at radius 1 is 1.25 bits per heavy atom. The maximum absolute atomic E-state index is 12.5. The van der Waals surface area contributed by atoms with Crippen LogP contribution in [0.4, 0.5) is 13.2 Å². The van der Waals surface area contributed by atoms with Crippen molar-refractivity contribution in [3.05, 3.63) is 63.4 Å². The van der Waals surface area contributed by atoms with Crippen LogP contribution in [-0.2, 0) is 6.18 Å². The van der Waals surface area contributed by atoms with Crippen LogP contribution in [0, 0.1) is 0 Å². The largest absolute Gasteiger partial charge is 0.417 e. The molecule has 1 heterocycles. The summed E-state index contributed by atoms with van der Waals surface area (Å²) in [5, 5.41) is 4.85. The molecule has 0 saturated carbocycles. The van der Waals surface area contributed by atoms with E-state index in [9.17, 15) is 18.0 Å². The van der Waals surface area contributed by atoms with Crippen LogP contribution in [0.25, 0.3) is 0 Å². The molecule has 1 aromatic heterocycles. The molecule has 24 heavy (non-hydrogen) atoms. The van der Waals surface area contributed by atoms with Crippen LogP contribution in [0.2, 0.25) is 10.0 Å². The first-order chi connectivity index (χ1) is 11.2. The lowest BCUT2D eigenvalue weighted by atomic mass is 10.2. The molecule has 1 aromatic carbocycles. The van der Waals surface area contributed by atoms with Gasteiger partial charge in [-0.15, -0.1) is 0 Å². The Bertz CT molecular complexity index is 794. The maximum Gasteiger partial charge on any atom is 0.417 e. The van der Waals surface area contributed by atoms with Crippen molar-refractivity contribution in [3.8, 4) is 0 Å². The summed E-state index contributed by atoms with van der Waals surface area (Å²) in [7, 11) is 1.38. The predicted octanol–water partition coefficient (Wildman–Crippen LogP) is 4.51. The van der Waals surface area contributed by atoms with Gasteiger partial charge in [0.05, 0.1) is 27.4 Å². The van der Waals surface area contributed by atoms with Crippen molar-refractivity contribution in [2.24, 2.45) is 5.10 Å². The molecule has 0 unspecified atom stereocenters. The molecule has 0 aliphatic carbocycles. The van der Waals surface area contributed by atoms with Gasteiger partial charge in [0.1, 0.15) is 5.69 Å². The smallest absolute Gasteiger partial charge is 0.267 e. The van der Waals surface area contributed by atoms with Gasteiger partial charge in [-0.05, 0) is 18.2 Å². The molecular formula is C15H10Cl2F3N3O. The molecule has 0 aliphatic rings. The van der Waals surface area contributed by atoms with Gasteiger partial charge in [-0.2, -0.15) is 18.3 Å². The minimum absolute atomic E-state index is 0.00322. The minimum atomic E-state index is -4.54. The Hall–Kier alpha value is -2.12. The molecule has 0 spiro atoms. The van der Waals surface area contributed by atoms with Gasteiger partial charge in [-0.25, -0.2) is 5.01 Å². The molecule has 2 aromatic rings. The second-order valence-electron chi connectivity index (χ2n) is 4.64. The van der Waals surface area contributed by atoms with E-state index in [0.29, 0.717) is 6.20 Å². The number of amides is 1. The van der Waals surface area contributed by atoms with E-state index in [2.05, 4.69) is 10.1 Å². The van der Waals surface area contributed by atoms with E-state index >= 15 is 0 Å². The first-order valence-electron chi connectivity index (χ1n) is 6.49. The van der Waals surface area contributed by atoms with Crippen LogP contribution in [0.5, 0.6) is 0 Å². The van der Waals surface area contributed by atoms with E-state index in [1.54, 1.807) is 18.2 Å². The van der Waals surface area contributed by atoms with Crippen molar-refractivity contribution in [3.63, 3.8) is 0 Å². The number of nitrogens with zero attached hydrogens (tertiary/aromatic N) is 3. The molecule has 126 valence electrons. The quantitative estimate of drug-likeness (QED) is 0.585. The highest BCUT2D eigenvalue weighted by molar-refractivity contribution is 6.34. The van der Waals surface area contributed by atoms with Crippen LogP contribution in [-0.4, -0.2) is 29.2 Å². The van der Waals surface area contributed by atoms with Gasteiger partial charge in [-0.3, -0.25) is 9.78 Å². The van der Waals surface area contributed by atoms with E-state index in [1.165, 1.54) is 13.1 Å². The molecule has 2 rings (SSSR count). The zero-order valence-electron chi connectivity index (χ0n) is 12.2. The number of alkyl halides is 3. The number of benzene rings is 1. The molecule has 0 bridgehead atoms. The first-order valence-corrected chi connectivity index (χ1v) is 7.25. The fourth-order valence-electron chi connectivity index (χ4n) is 1.70. The van der Waals surface area contributed by atoms with Crippen molar-refractivity contribution < 1.29 is 18.0 Å². The third-order valence-corrected chi connectivity index (χ3v) is 3.58. The zero-order chi connectivity index (χ0) is 17.9. The number of pyridine rings is 1. The first kappa shape index (κ1) is 18.2. The van der Waals surface area contributed by atoms with E-state index in [4.69, 9.17) is 23.2 Å².